The maximum Gasteiger partial charge on any atom is 0.336 e. The minimum Gasteiger partial charge on any atom is -0.478 e. The van der Waals surface area contributed by atoms with Gasteiger partial charge in [0.25, 0.3) is 0 Å². The van der Waals surface area contributed by atoms with Crippen molar-refractivity contribution in [2.45, 2.75) is 6.92 Å². The van der Waals surface area contributed by atoms with Crippen LogP contribution in [0.3, 0.4) is 0 Å². The molecule has 0 aliphatic heterocycles. The number of hydrogen-bond acceptors (Lipinski definition) is 3. The number of oxazole rings is 1. The molecule has 0 radical (unpaired) electrons. The molecule has 2 rings (SSSR count). The summed E-state index contributed by atoms with van der Waals surface area (Å²) in [6, 6.07) is 6.62. The standard InChI is InChI=1S/C11H9NO3/c1-7-6-15-10(12-7)8-4-2-3-5-9(8)11(13)14/h2-6H,1H3,(H,13,14). The Labute approximate surface area is 86.2 Å². The van der Waals surface area contributed by atoms with Crippen molar-refractivity contribution in [3.63, 3.8) is 0 Å². The van der Waals surface area contributed by atoms with E-state index >= 15 is 0 Å². The topological polar surface area (TPSA) is 63.3 Å². The van der Waals surface area contributed by atoms with Gasteiger partial charge in [0.05, 0.1) is 16.8 Å². The van der Waals surface area contributed by atoms with E-state index in [4.69, 9.17) is 9.52 Å². The SMILES string of the molecule is Cc1coc(-c2ccccc2C(=O)O)n1. The van der Waals surface area contributed by atoms with Crippen LogP contribution in [-0.4, -0.2) is 16.1 Å². The number of carboxylic acid groups (broad SMARTS) is 1. The van der Waals surface area contributed by atoms with E-state index in [1.54, 1.807) is 25.1 Å². The van der Waals surface area contributed by atoms with Gasteiger partial charge in [0.2, 0.25) is 5.89 Å². The summed E-state index contributed by atoms with van der Waals surface area (Å²) in [5, 5.41) is 8.96. The zero-order valence-corrected chi connectivity index (χ0v) is 8.10. The highest BCUT2D eigenvalue weighted by Crippen LogP contribution is 2.22. The quantitative estimate of drug-likeness (QED) is 0.813. The second-order valence-corrected chi connectivity index (χ2v) is 3.14. The maximum absolute atomic E-state index is 10.9. The maximum atomic E-state index is 10.9. The van der Waals surface area contributed by atoms with Gasteiger partial charge in [-0.25, -0.2) is 9.78 Å². The van der Waals surface area contributed by atoms with Crippen molar-refractivity contribution in [3.8, 4) is 11.5 Å². The molecule has 15 heavy (non-hydrogen) atoms. The largest absolute Gasteiger partial charge is 0.478 e. The van der Waals surface area contributed by atoms with E-state index in [2.05, 4.69) is 4.98 Å². The third-order valence-corrected chi connectivity index (χ3v) is 2.01. The third kappa shape index (κ3) is 1.74. The van der Waals surface area contributed by atoms with Gasteiger partial charge >= 0.3 is 5.97 Å². The predicted molar refractivity (Wildman–Crippen MR) is 53.6 cm³/mol. The van der Waals surface area contributed by atoms with Crippen LogP contribution in [0.1, 0.15) is 16.1 Å². The summed E-state index contributed by atoms with van der Waals surface area (Å²) in [6.45, 7) is 1.79. The van der Waals surface area contributed by atoms with Gasteiger partial charge in [-0.05, 0) is 19.1 Å². The number of hydrogen-bond donors (Lipinski definition) is 1. The van der Waals surface area contributed by atoms with E-state index in [0.29, 0.717) is 11.5 Å². The van der Waals surface area contributed by atoms with Crippen molar-refractivity contribution in [1.29, 1.82) is 0 Å². The first-order chi connectivity index (χ1) is 7.18. The number of benzene rings is 1. The normalized spacial score (nSPS) is 10.2. The molecule has 1 aromatic carbocycles. The number of aromatic carboxylic acids is 1. The van der Waals surface area contributed by atoms with E-state index in [0.717, 1.165) is 5.69 Å². The molecule has 2 aromatic rings. The van der Waals surface area contributed by atoms with Gasteiger partial charge in [-0.2, -0.15) is 0 Å². The lowest BCUT2D eigenvalue weighted by Gasteiger charge is -2.00. The van der Waals surface area contributed by atoms with Gasteiger partial charge in [-0.1, -0.05) is 12.1 Å². The molecule has 0 saturated carbocycles. The van der Waals surface area contributed by atoms with Gasteiger partial charge in [0.15, 0.2) is 0 Å². The molecule has 76 valence electrons. The highest BCUT2D eigenvalue weighted by atomic mass is 16.4. The molecule has 0 aliphatic carbocycles. The number of nitrogens with zero attached hydrogens (tertiary/aromatic N) is 1. The third-order valence-electron chi connectivity index (χ3n) is 2.01. The molecule has 1 aromatic heterocycles. The van der Waals surface area contributed by atoms with Crippen molar-refractivity contribution in [1.82, 2.24) is 4.98 Å². The lowest BCUT2D eigenvalue weighted by Crippen LogP contribution is -1.98. The number of aryl methyl sites for hydroxylation is 1. The molecule has 1 heterocycles. The van der Waals surface area contributed by atoms with Crippen molar-refractivity contribution < 1.29 is 14.3 Å². The first kappa shape index (κ1) is 9.45. The van der Waals surface area contributed by atoms with Crippen molar-refractivity contribution >= 4 is 5.97 Å². The fourth-order valence-electron chi connectivity index (χ4n) is 1.33. The van der Waals surface area contributed by atoms with Crippen LogP contribution in [0.2, 0.25) is 0 Å². The van der Waals surface area contributed by atoms with Gasteiger partial charge in [0.1, 0.15) is 6.26 Å². The van der Waals surface area contributed by atoms with Gasteiger partial charge in [-0.3, -0.25) is 0 Å². The smallest absolute Gasteiger partial charge is 0.336 e. The fraction of sp³-hybridized carbons (Fsp3) is 0.0909. The second-order valence-electron chi connectivity index (χ2n) is 3.14. The molecule has 0 spiro atoms. The number of carboxylic acids is 1. The molecule has 0 atom stereocenters. The van der Waals surface area contributed by atoms with Crippen LogP contribution < -0.4 is 0 Å². The Hall–Kier alpha value is -2.10. The highest BCUT2D eigenvalue weighted by Gasteiger charge is 2.14. The summed E-state index contributed by atoms with van der Waals surface area (Å²) in [4.78, 5) is 15.0. The number of aromatic nitrogens is 1. The van der Waals surface area contributed by atoms with Crippen LogP contribution >= 0.6 is 0 Å². The lowest BCUT2D eigenvalue weighted by molar-refractivity contribution is 0.0697. The summed E-state index contributed by atoms with van der Waals surface area (Å²) in [5.74, 6) is -0.646. The van der Waals surface area contributed by atoms with Gasteiger partial charge in [-0.15, -0.1) is 0 Å². The van der Waals surface area contributed by atoms with E-state index in [-0.39, 0.29) is 5.56 Å². The van der Waals surface area contributed by atoms with Crippen LogP contribution in [0.15, 0.2) is 34.9 Å². The van der Waals surface area contributed by atoms with E-state index in [9.17, 15) is 4.79 Å². The van der Waals surface area contributed by atoms with Crippen LogP contribution in [0, 0.1) is 6.92 Å². The summed E-state index contributed by atoms with van der Waals surface area (Å²) in [5.41, 5.74) is 1.42. The number of rotatable bonds is 2. The molecule has 0 saturated heterocycles. The molecule has 0 amide bonds. The van der Waals surface area contributed by atoms with E-state index in [1.165, 1.54) is 12.3 Å². The van der Waals surface area contributed by atoms with Crippen molar-refractivity contribution in [2.24, 2.45) is 0 Å². The van der Waals surface area contributed by atoms with Crippen LogP contribution in [0.5, 0.6) is 0 Å². The van der Waals surface area contributed by atoms with Gasteiger partial charge in [0, 0.05) is 0 Å². The minimum absolute atomic E-state index is 0.194. The van der Waals surface area contributed by atoms with Crippen LogP contribution in [0.25, 0.3) is 11.5 Å². The highest BCUT2D eigenvalue weighted by molar-refractivity contribution is 5.94. The van der Waals surface area contributed by atoms with E-state index in [1.807, 2.05) is 0 Å². The van der Waals surface area contributed by atoms with Crippen molar-refractivity contribution in [2.75, 3.05) is 0 Å². The summed E-state index contributed by atoms with van der Waals surface area (Å²) < 4.78 is 5.17. The fourth-order valence-corrected chi connectivity index (χ4v) is 1.33. The first-order valence-electron chi connectivity index (χ1n) is 4.43. The predicted octanol–water partition coefficient (Wildman–Crippen LogP) is 2.35. The Morgan fingerprint density at radius 3 is 2.73 bits per heavy atom. The van der Waals surface area contributed by atoms with Crippen molar-refractivity contribution in [3.05, 3.63) is 41.8 Å². The Kier molecular flexibility index (Phi) is 2.25. The minimum atomic E-state index is -0.985. The molecule has 0 fully saturated rings. The zero-order valence-electron chi connectivity index (χ0n) is 8.10. The molecule has 0 unspecified atom stereocenters. The Bertz CT molecular complexity index is 502. The Morgan fingerprint density at radius 1 is 1.40 bits per heavy atom. The average molecular weight is 203 g/mol. The molecular formula is C11H9NO3. The second kappa shape index (κ2) is 3.57. The van der Waals surface area contributed by atoms with E-state index < -0.39 is 5.97 Å². The van der Waals surface area contributed by atoms with Crippen LogP contribution in [0.4, 0.5) is 0 Å². The average Bonchev–Trinajstić information content (AvgIpc) is 2.65. The Morgan fingerprint density at radius 2 is 2.13 bits per heavy atom. The first-order valence-corrected chi connectivity index (χ1v) is 4.43. The van der Waals surface area contributed by atoms with Crippen LogP contribution in [-0.2, 0) is 0 Å². The molecule has 4 nitrogen and oxygen atoms in total. The molecule has 1 N–H and O–H groups in total. The monoisotopic (exact) mass is 203 g/mol. The number of carbonyl (C=O) groups is 1. The molecule has 4 heteroatoms. The molecular weight excluding hydrogens is 194 g/mol. The zero-order chi connectivity index (χ0) is 10.8. The summed E-state index contributed by atoms with van der Waals surface area (Å²) in [7, 11) is 0. The Balaban J connectivity index is 2.57. The summed E-state index contributed by atoms with van der Waals surface area (Å²) >= 11 is 0. The van der Waals surface area contributed by atoms with Gasteiger partial charge < -0.3 is 9.52 Å². The molecule has 0 aliphatic rings. The molecule has 0 bridgehead atoms. The summed E-state index contributed by atoms with van der Waals surface area (Å²) in [6.07, 6.45) is 1.49. The lowest BCUT2D eigenvalue weighted by atomic mass is 10.1.